The van der Waals surface area contributed by atoms with Gasteiger partial charge < -0.3 is 14.4 Å². The van der Waals surface area contributed by atoms with Crippen molar-refractivity contribution < 1.29 is 46.7 Å². The Morgan fingerprint density at radius 3 is 2.36 bits per heavy atom. The molecule has 228 valence electrons. The zero-order valence-electron chi connectivity index (χ0n) is 24.1. The van der Waals surface area contributed by atoms with Crippen LogP contribution in [0.3, 0.4) is 0 Å². The van der Waals surface area contributed by atoms with E-state index in [-0.39, 0.29) is 48.9 Å². The van der Waals surface area contributed by atoms with E-state index in [2.05, 4.69) is 5.09 Å². The standard InChI is InChI=1S/C21H36N3O9PS.C2H6.CH3F/c1-15(2)21(28)35-11-10-30-34(29,23-12-20(27)32-16(3)4)31-13-17-6-7-19(33-17)24(5)9-8-18(26)22-14-25;2*1-2/h8-9,14-17,19H,6-7,10-13H2,1-5H3,(H,23,29)(H,22,25,26);1-2H3;1H3/b9-8-;;. The quantitative estimate of drug-likeness (QED) is 0.0877. The molecule has 1 rings (SSSR count). The maximum atomic E-state index is 13.2. The van der Waals surface area contributed by atoms with E-state index in [9.17, 15) is 28.1 Å². The summed E-state index contributed by atoms with van der Waals surface area (Å²) in [6, 6.07) is 0. The molecular weight excluding hydrogens is 556 g/mol. The van der Waals surface area contributed by atoms with Gasteiger partial charge in [0.25, 0.3) is 5.91 Å². The Bertz CT molecular complexity index is 803. The number of esters is 1. The molecule has 2 amide bonds. The first-order valence-corrected chi connectivity index (χ1v) is 15.2. The van der Waals surface area contributed by atoms with Gasteiger partial charge in [-0.1, -0.05) is 39.5 Å². The van der Waals surface area contributed by atoms with Crippen molar-refractivity contribution in [1.29, 1.82) is 0 Å². The summed E-state index contributed by atoms with van der Waals surface area (Å²) in [7, 11) is -1.69. The summed E-state index contributed by atoms with van der Waals surface area (Å²) >= 11 is 1.07. The zero-order valence-corrected chi connectivity index (χ0v) is 25.8. The van der Waals surface area contributed by atoms with Gasteiger partial charge in [-0.2, -0.15) is 0 Å². The van der Waals surface area contributed by atoms with Crippen LogP contribution in [-0.4, -0.2) is 86.5 Å². The number of nitrogens with one attached hydrogen (secondary N) is 2. The second-order valence-electron chi connectivity index (χ2n) is 8.22. The molecule has 0 saturated carbocycles. The molecule has 0 bridgehead atoms. The first kappa shape index (κ1) is 39.3. The molecule has 0 aromatic rings. The van der Waals surface area contributed by atoms with Gasteiger partial charge in [-0.25, -0.2) is 9.65 Å². The Balaban J connectivity index is 0. The van der Waals surface area contributed by atoms with E-state index in [1.54, 1.807) is 39.6 Å². The molecule has 3 atom stereocenters. The van der Waals surface area contributed by atoms with Crippen molar-refractivity contribution in [2.45, 2.75) is 72.8 Å². The van der Waals surface area contributed by atoms with Crippen LogP contribution in [0.15, 0.2) is 12.3 Å². The van der Waals surface area contributed by atoms with E-state index in [1.807, 2.05) is 19.2 Å². The minimum Gasteiger partial charge on any atom is -0.462 e. The number of carbonyl (C=O) groups excluding carboxylic acids is 4. The van der Waals surface area contributed by atoms with Gasteiger partial charge in [-0.3, -0.25) is 37.9 Å². The Morgan fingerprint density at radius 2 is 1.79 bits per heavy atom. The van der Waals surface area contributed by atoms with Gasteiger partial charge in [0.05, 0.1) is 32.6 Å². The van der Waals surface area contributed by atoms with Gasteiger partial charge in [0.2, 0.25) is 6.41 Å². The van der Waals surface area contributed by atoms with E-state index >= 15 is 0 Å². The van der Waals surface area contributed by atoms with Crippen LogP contribution in [-0.2, 0) is 42.3 Å². The topological polar surface area (TPSA) is 150 Å². The molecule has 0 aliphatic carbocycles. The number of rotatable bonds is 16. The van der Waals surface area contributed by atoms with Crippen molar-refractivity contribution in [3.8, 4) is 0 Å². The molecular formula is C24H45FN3O9PS. The van der Waals surface area contributed by atoms with E-state index in [1.165, 1.54) is 12.3 Å². The van der Waals surface area contributed by atoms with Gasteiger partial charge in [0.15, 0.2) is 5.12 Å². The van der Waals surface area contributed by atoms with Crippen molar-refractivity contribution >= 4 is 42.9 Å². The van der Waals surface area contributed by atoms with Gasteiger partial charge in [-0.05, 0) is 26.7 Å². The average Bonchev–Trinajstić information content (AvgIpc) is 3.39. The predicted molar refractivity (Wildman–Crippen MR) is 148 cm³/mol. The minimum absolute atomic E-state index is 0.00923. The first-order chi connectivity index (χ1) is 18.5. The normalized spacial score (nSPS) is 17.9. The van der Waals surface area contributed by atoms with Crippen molar-refractivity contribution in [2.75, 3.05) is 39.7 Å². The van der Waals surface area contributed by atoms with Gasteiger partial charge in [0.1, 0.15) is 12.8 Å². The molecule has 1 saturated heterocycles. The van der Waals surface area contributed by atoms with E-state index in [0.717, 1.165) is 11.8 Å². The largest absolute Gasteiger partial charge is 0.462 e. The highest BCUT2D eigenvalue weighted by Gasteiger charge is 2.32. The molecule has 0 aromatic heterocycles. The number of amides is 2. The van der Waals surface area contributed by atoms with E-state index in [0.29, 0.717) is 26.4 Å². The number of imide groups is 1. The maximum absolute atomic E-state index is 13.2. The SMILES string of the molecule is CC.CC(C)OC(=O)CNP(=O)(OCCSC(=O)C(C)C)OCC1CCC(N(C)/C=C\C(=O)NC=O)O1.CF. The summed E-state index contributed by atoms with van der Waals surface area (Å²) in [5, 5.41) is 4.50. The molecule has 0 aromatic carbocycles. The molecule has 1 heterocycles. The van der Waals surface area contributed by atoms with Crippen LogP contribution < -0.4 is 10.4 Å². The summed E-state index contributed by atoms with van der Waals surface area (Å²) in [4.78, 5) is 46.9. The molecule has 2 N–H and O–H groups in total. The molecule has 0 spiro atoms. The molecule has 0 radical (unpaired) electrons. The molecule has 1 fully saturated rings. The smallest absolute Gasteiger partial charge is 0.406 e. The third-order valence-corrected chi connectivity index (χ3v) is 7.16. The molecule has 15 heteroatoms. The van der Waals surface area contributed by atoms with Crippen LogP contribution in [0.4, 0.5) is 4.39 Å². The van der Waals surface area contributed by atoms with Crippen molar-refractivity contribution in [3.63, 3.8) is 0 Å². The second-order valence-corrected chi connectivity index (χ2v) is 11.1. The first-order valence-electron chi connectivity index (χ1n) is 12.6. The van der Waals surface area contributed by atoms with Crippen molar-refractivity contribution in [3.05, 3.63) is 12.3 Å². The number of hydrogen-bond acceptors (Lipinski definition) is 11. The van der Waals surface area contributed by atoms with Crippen LogP contribution >= 0.6 is 19.5 Å². The molecule has 12 nitrogen and oxygen atoms in total. The summed E-state index contributed by atoms with van der Waals surface area (Å²) in [5.74, 6) is -1.02. The number of nitrogens with zero attached hydrogens (tertiary/aromatic N) is 1. The Kier molecular flexibility index (Phi) is 23.1. The Hall–Kier alpha value is -1.83. The summed E-state index contributed by atoms with van der Waals surface area (Å²) < 4.78 is 44.6. The van der Waals surface area contributed by atoms with Crippen LogP contribution in [0.25, 0.3) is 0 Å². The van der Waals surface area contributed by atoms with Crippen LogP contribution in [0, 0.1) is 5.92 Å². The fraction of sp³-hybridized carbons (Fsp3) is 0.750. The fourth-order valence-corrected chi connectivity index (χ4v) is 4.84. The number of halogens is 1. The number of ether oxygens (including phenoxy) is 2. The number of carbonyl (C=O) groups is 4. The van der Waals surface area contributed by atoms with E-state index < -0.39 is 25.7 Å². The third kappa shape index (κ3) is 19.0. The lowest BCUT2D eigenvalue weighted by Crippen LogP contribution is -2.30. The van der Waals surface area contributed by atoms with Gasteiger partial charge in [0, 0.05) is 31.0 Å². The summed E-state index contributed by atoms with van der Waals surface area (Å²) in [6.07, 6.45) is 3.11. The minimum atomic E-state index is -3.90. The highest BCUT2D eigenvalue weighted by molar-refractivity contribution is 8.13. The highest BCUT2D eigenvalue weighted by Crippen LogP contribution is 2.44. The average molecular weight is 602 g/mol. The molecule has 1 aliphatic heterocycles. The van der Waals surface area contributed by atoms with Gasteiger partial charge >= 0.3 is 13.7 Å². The molecule has 1 aliphatic rings. The number of thioether (sulfide) groups is 1. The predicted octanol–water partition coefficient (Wildman–Crippen LogP) is 3.42. The lowest BCUT2D eigenvalue weighted by atomic mass is 10.2. The fourth-order valence-electron chi connectivity index (χ4n) is 2.74. The lowest BCUT2D eigenvalue weighted by molar-refractivity contribution is -0.146. The monoisotopic (exact) mass is 601 g/mol. The zero-order chi connectivity index (χ0) is 30.4. The summed E-state index contributed by atoms with van der Waals surface area (Å²) in [6.45, 7) is 10.5. The highest BCUT2D eigenvalue weighted by atomic mass is 32.2. The summed E-state index contributed by atoms with van der Waals surface area (Å²) in [5.41, 5.74) is 0. The van der Waals surface area contributed by atoms with Gasteiger partial charge in [-0.15, -0.1) is 0 Å². The van der Waals surface area contributed by atoms with Crippen molar-refractivity contribution in [2.24, 2.45) is 5.92 Å². The van der Waals surface area contributed by atoms with Crippen molar-refractivity contribution in [1.82, 2.24) is 15.3 Å². The van der Waals surface area contributed by atoms with Crippen LogP contribution in [0.1, 0.15) is 54.4 Å². The maximum Gasteiger partial charge on any atom is 0.406 e. The van der Waals surface area contributed by atoms with Crippen LogP contribution in [0.5, 0.6) is 0 Å². The molecule has 3 unspecified atom stereocenters. The van der Waals surface area contributed by atoms with E-state index in [4.69, 9.17) is 18.5 Å². The number of alkyl halides is 1. The Morgan fingerprint density at radius 1 is 1.15 bits per heavy atom. The third-order valence-electron chi connectivity index (χ3n) is 4.48. The lowest BCUT2D eigenvalue weighted by Gasteiger charge is -2.24. The number of hydrogen-bond donors (Lipinski definition) is 2. The Labute approximate surface area is 235 Å². The van der Waals surface area contributed by atoms with Crippen LogP contribution in [0.2, 0.25) is 0 Å². The molecule has 39 heavy (non-hydrogen) atoms. The second kappa shape index (κ2) is 22.9.